The summed E-state index contributed by atoms with van der Waals surface area (Å²) >= 11 is 0. The van der Waals surface area contributed by atoms with E-state index in [4.69, 9.17) is 14.6 Å². The number of carboxylic acid groups (broad SMARTS) is 1. The minimum atomic E-state index is -0.986. The summed E-state index contributed by atoms with van der Waals surface area (Å²) in [6.45, 7) is 5.28. The van der Waals surface area contributed by atoms with Crippen LogP contribution in [0, 0.1) is 5.92 Å². The molecule has 1 aromatic rings. The van der Waals surface area contributed by atoms with Crippen LogP contribution < -0.4 is 5.32 Å². The zero-order valence-electron chi connectivity index (χ0n) is 19.8. The molecule has 1 fully saturated rings. The van der Waals surface area contributed by atoms with Crippen LogP contribution in [-0.4, -0.2) is 59.8 Å². The van der Waals surface area contributed by atoms with Crippen molar-refractivity contribution in [3.05, 3.63) is 35.9 Å². The third-order valence-electron chi connectivity index (χ3n) is 6.08. The summed E-state index contributed by atoms with van der Waals surface area (Å²) in [5, 5.41) is 11.9. The van der Waals surface area contributed by atoms with Crippen LogP contribution in [0.15, 0.2) is 30.3 Å². The number of rotatable bonds is 13. The van der Waals surface area contributed by atoms with E-state index in [1.165, 1.54) is 6.92 Å². The van der Waals surface area contributed by atoms with Gasteiger partial charge < -0.3 is 19.5 Å². The molecular weight excluding hydrogens is 424 g/mol. The van der Waals surface area contributed by atoms with Crippen LogP contribution in [0.2, 0.25) is 0 Å². The lowest BCUT2D eigenvalue weighted by molar-refractivity contribution is -0.147. The van der Waals surface area contributed by atoms with Crippen molar-refractivity contribution in [2.24, 2.45) is 5.92 Å². The zero-order chi connectivity index (χ0) is 24.1. The molecule has 1 heterocycles. The average Bonchev–Trinajstić information content (AvgIpc) is 2.82. The fraction of sp³-hybridized carbons (Fsp3) is 0.640. The normalized spacial score (nSPS) is 16.1. The summed E-state index contributed by atoms with van der Waals surface area (Å²) < 4.78 is 10.5. The van der Waals surface area contributed by atoms with Gasteiger partial charge in [0.05, 0.1) is 6.61 Å². The Kier molecular flexibility index (Phi) is 11.7. The van der Waals surface area contributed by atoms with E-state index < -0.39 is 24.0 Å². The van der Waals surface area contributed by atoms with Crippen molar-refractivity contribution in [3.63, 3.8) is 0 Å². The van der Waals surface area contributed by atoms with Gasteiger partial charge in [-0.3, -0.25) is 14.9 Å². The van der Waals surface area contributed by atoms with Crippen molar-refractivity contribution in [2.45, 2.75) is 77.5 Å². The fourth-order valence-electron chi connectivity index (χ4n) is 4.06. The third kappa shape index (κ3) is 9.82. The number of carboxylic acids is 1. The van der Waals surface area contributed by atoms with Gasteiger partial charge in [-0.1, -0.05) is 56.0 Å². The SMILES string of the molecule is CCOC(=O)[C@H](CCCCCC1CCN(C(=O)OCc2ccccc2)CC1)N[C@@H](C)C(=O)O. The molecule has 0 radical (unpaired) electrons. The maximum atomic E-state index is 12.3. The average molecular weight is 463 g/mol. The van der Waals surface area contributed by atoms with E-state index in [1.54, 1.807) is 11.8 Å². The van der Waals surface area contributed by atoms with E-state index in [1.807, 2.05) is 30.3 Å². The number of amides is 1. The predicted octanol–water partition coefficient (Wildman–Crippen LogP) is 3.98. The Labute approximate surface area is 196 Å². The minimum absolute atomic E-state index is 0.245. The molecule has 2 atom stereocenters. The van der Waals surface area contributed by atoms with Crippen LogP contribution >= 0.6 is 0 Å². The molecule has 2 rings (SSSR count). The Hall–Kier alpha value is -2.61. The molecule has 0 aliphatic carbocycles. The Bertz CT molecular complexity index is 734. The number of hydrogen-bond donors (Lipinski definition) is 2. The lowest BCUT2D eigenvalue weighted by Crippen LogP contribution is -2.46. The van der Waals surface area contributed by atoms with Gasteiger partial charge in [0.2, 0.25) is 0 Å². The first-order valence-corrected chi connectivity index (χ1v) is 12.0. The number of piperidine rings is 1. The van der Waals surface area contributed by atoms with Crippen molar-refractivity contribution in [1.82, 2.24) is 10.2 Å². The number of carbonyl (C=O) groups is 3. The Morgan fingerprint density at radius 2 is 1.79 bits per heavy atom. The van der Waals surface area contributed by atoms with E-state index in [2.05, 4.69) is 5.32 Å². The van der Waals surface area contributed by atoms with Crippen molar-refractivity contribution in [3.8, 4) is 0 Å². The van der Waals surface area contributed by atoms with Crippen molar-refractivity contribution in [1.29, 1.82) is 0 Å². The van der Waals surface area contributed by atoms with E-state index in [0.29, 0.717) is 18.9 Å². The van der Waals surface area contributed by atoms with Crippen LogP contribution in [0.5, 0.6) is 0 Å². The molecule has 184 valence electrons. The van der Waals surface area contributed by atoms with Crippen molar-refractivity contribution < 1.29 is 29.0 Å². The highest BCUT2D eigenvalue weighted by Crippen LogP contribution is 2.24. The number of ether oxygens (including phenoxy) is 2. The molecule has 2 N–H and O–H groups in total. The summed E-state index contributed by atoms with van der Waals surface area (Å²) in [6.07, 6.45) is 6.20. The number of carbonyl (C=O) groups excluding carboxylic acids is 2. The van der Waals surface area contributed by atoms with Gasteiger partial charge in [-0.25, -0.2) is 4.79 Å². The molecule has 1 aliphatic heterocycles. The van der Waals surface area contributed by atoms with Gasteiger partial charge in [0, 0.05) is 13.1 Å². The molecule has 1 aliphatic rings. The summed E-state index contributed by atoms with van der Waals surface area (Å²) in [5.41, 5.74) is 0.985. The van der Waals surface area contributed by atoms with E-state index in [0.717, 1.165) is 57.2 Å². The number of nitrogens with zero attached hydrogens (tertiary/aromatic N) is 1. The first kappa shape index (κ1) is 26.6. The lowest BCUT2D eigenvalue weighted by atomic mass is 9.91. The van der Waals surface area contributed by atoms with Crippen LogP contribution in [0.4, 0.5) is 4.79 Å². The van der Waals surface area contributed by atoms with Gasteiger partial charge in [0.25, 0.3) is 0 Å². The number of esters is 1. The van der Waals surface area contributed by atoms with Crippen molar-refractivity contribution in [2.75, 3.05) is 19.7 Å². The molecule has 0 unspecified atom stereocenters. The third-order valence-corrected chi connectivity index (χ3v) is 6.08. The monoisotopic (exact) mass is 462 g/mol. The molecule has 1 amide bonds. The van der Waals surface area contributed by atoms with Gasteiger partial charge >= 0.3 is 18.0 Å². The first-order valence-electron chi connectivity index (χ1n) is 12.0. The molecule has 0 bridgehead atoms. The number of benzene rings is 1. The second-order valence-corrected chi connectivity index (χ2v) is 8.64. The number of aliphatic carboxylic acids is 1. The second kappa shape index (κ2) is 14.5. The van der Waals surface area contributed by atoms with Gasteiger partial charge in [0.15, 0.2) is 0 Å². The van der Waals surface area contributed by atoms with Gasteiger partial charge in [-0.05, 0) is 44.6 Å². The highest BCUT2D eigenvalue weighted by molar-refractivity contribution is 5.78. The molecule has 0 saturated carbocycles. The summed E-state index contributed by atoms with van der Waals surface area (Å²) in [4.78, 5) is 37.3. The Morgan fingerprint density at radius 3 is 2.42 bits per heavy atom. The second-order valence-electron chi connectivity index (χ2n) is 8.64. The molecule has 8 heteroatoms. The smallest absolute Gasteiger partial charge is 0.410 e. The Morgan fingerprint density at radius 1 is 1.09 bits per heavy atom. The molecular formula is C25H38N2O6. The quantitative estimate of drug-likeness (QED) is 0.337. The van der Waals surface area contributed by atoms with Gasteiger partial charge in [0.1, 0.15) is 18.7 Å². The summed E-state index contributed by atoms with van der Waals surface area (Å²) in [6, 6.07) is 8.28. The van der Waals surface area contributed by atoms with Gasteiger partial charge in [-0.15, -0.1) is 0 Å². The molecule has 1 saturated heterocycles. The van der Waals surface area contributed by atoms with Crippen LogP contribution in [0.3, 0.4) is 0 Å². The van der Waals surface area contributed by atoms with Crippen LogP contribution in [0.1, 0.15) is 64.4 Å². The Balaban J connectivity index is 1.61. The minimum Gasteiger partial charge on any atom is -0.480 e. The number of hydrogen-bond acceptors (Lipinski definition) is 6. The highest BCUT2D eigenvalue weighted by atomic mass is 16.6. The zero-order valence-corrected chi connectivity index (χ0v) is 19.8. The van der Waals surface area contributed by atoms with Gasteiger partial charge in [-0.2, -0.15) is 0 Å². The van der Waals surface area contributed by atoms with Crippen molar-refractivity contribution >= 4 is 18.0 Å². The van der Waals surface area contributed by atoms with Crippen LogP contribution in [0.25, 0.3) is 0 Å². The molecule has 1 aromatic carbocycles. The molecule has 0 aromatic heterocycles. The summed E-state index contributed by atoms with van der Waals surface area (Å²) in [7, 11) is 0. The number of unbranched alkanes of at least 4 members (excludes halogenated alkanes) is 2. The largest absolute Gasteiger partial charge is 0.480 e. The van der Waals surface area contributed by atoms with E-state index >= 15 is 0 Å². The maximum absolute atomic E-state index is 12.3. The maximum Gasteiger partial charge on any atom is 0.410 e. The van der Waals surface area contributed by atoms with Crippen LogP contribution in [-0.2, 0) is 25.7 Å². The number of nitrogens with one attached hydrogen (secondary N) is 1. The highest BCUT2D eigenvalue weighted by Gasteiger charge is 2.25. The molecule has 8 nitrogen and oxygen atoms in total. The standard InChI is InChI=1S/C25H38N2O6/c1-3-32-24(30)22(26-19(2)23(28)29)13-9-5-6-10-20-14-16-27(17-15-20)25(31)33-18-21-11-7-4-8-12-21/h4,7-8,11-12,19-20,22,26H,3,5-6,9-10,13-18H2,1-2H3,(H,28,29)/t19-,22-/m0/s1. The predicted molar refractivity (Wildman–Crippen MR) is 125 cm³/mol. The lowest BCUT2D eigenvalue weighted by Gasteiger charge is -2.31. The number of likely N-dealkylation sites (tertiary alicyclic amines) is 1. The summed E-state index contributed by atoms with van der Waals surface area (Å²) in [5.74, 6) is -0.786. The molecule has 0 spiro atoms. The van der Waals surface area contributed by atoms with E-state index in [-0.39, 0.29) is 12.7 Å². The fourth-order valence-corrected chi connectivity index (χ4v) is 4.06. The first-order chi connectivity index (χ1) is 15.9. The topological polar surface area (TPSA) is 105 Å². The van der Waals surface area contributed by atoms with E-state index in [9.17, 15) is 14.4 Å². The molecule has 33 heavy (non-hydrogen) atoms.